The van der Waals surface area contributed by atoms with E-state index in [-0.39, 0.29) is 24.4 Å². The SMILES string of the molecule is CC(C)C(N)c1nnc(COc2cccc(F)c2)o1. The highest BCUT2D eigenvalue weighted by atomic mass is 19.1. The van der Waals surface area contributed by atoms with Crippen molar-refractivity contribution in [3.05, 3.63) is 41.9 Å². The maximum atomic E-state index is 12.9. The molecule has 0 aliphatic rings. The second kappa shape index (κ2) is 5.79. The molecule has 2 rings (SSSR count). The monoisotopic (exact) mass is 265 g/mol. The van der Waals surface area contributed by atoms with E-state index >= 15 is 0 Å². The third-order valence-corrected chi connectivity index (χ3v) is 2.64. The fraction of sp³-hybridized carbons (Fsp3) is 0.385. The fourth-order valence-electron chi connectivity index (χ4n) is 1.45. The van der Waals surface area contributed by atoms with Gasteiger partial charge in [0.05, 0.1) is 6.04 Å². The summed E-state index contributed by atoms with van der Waals surface area (Å²) >= 11 is 0. The van der Waals surface area contributed by atoms with Crippen LogP contribution in [0.2, 0.25) is 0 Å². The Morgan fingerprint density at radius 1 is 1.37 bits per heavy atom. The van der Waals surface area contributed by atoms with Crippen LogP contribution in [-0.2, 0) is 6.61 Å². The number of nitrogens with zero attached hydrogens (tertiary/aromatic N) is 2. The van der Waals surface area contributed by atoms with E-state index in [1.165, 1.54) is 12.1 Å². The number of nitrogens with two attached hydrogens (primary N) is 1. The molecule has 0 fully saturated rings. The van der Waals surface area contributed by atoms with E-state index in [4.69, 9.17) is 14.9 Å². The van der Waals surface area contributed by atoms with Crippen molar-refractivity contribution >= 4 is 0 Å². The number of hydrogen-bond acceptors (Lipinski definition) is 5. The lowest BCUT2D eigenvalue weighted by Gasteiger charge is -2.09. The Balaban J connectivity index is 1.97. The molecule has 2 aromatic rings. The van der Waals surface area contributed by atoms with Crippen molar-refractivity contribution in [3.8, 4) is 5.75 Å². The molecular weight excluding hydrogens is 249 g/mol. The first-order valence-corrected chi connectivity index (χ1v) is 6.02. The first kappa shape index (κ1) is 13.5. The topological polar surface area (TPSA) is 74.2 Å². The minimum atomic E-state index is -0.356. The number of aromatic nitrogens is 2. The van der Waals surface area contributed by atoms with Gasteiger partial charge >= 0.3 is 0 Å². The average molecular weight is 265 g/mol. The number of hydrogen-bond donors (Lipinski definition) is 1. The Hall–Kier alpha value is -1.95. The summed E-state index contributed by atoms with van der Waals surface area (Å²) in [6.45, 7) is 4.02. The van der Waals surface area contributed by atoms with E-state index in [0.717, 1.165) is 0 Å². The third-order valence-electron chi connectivity index (χ3n) is 2.64. The molecule has 0 spiro atoms. The van der Waals surface area contributed by atoms with Gasteiger partial charge in [-0.3, -0.25) is 0 Å². The van der Waals surface area contributed by atoms with Gasteiger partial charge in [0.2, 0.25) is 5.89 Å². The maximum absolute atomic E-state index is 12.9. The van der Waals surface area contributed by atoms with Crippen molar-refractivity contribution in [2.24, 2.45) is 11.7 Å². The minimum Gasteiger partial charge on any atom is -0.484 e. The van der Waals surface area contributed by atoms with Crippen LogP contribution in [-0.4, -0.2) is 10.2 Å². The summed E-state index contributed by atoms with van der Waals surface area (Å²) < 4.78 is 23.7. The van der Waals surface area contributed by atoms with Crippen molar-refractivity contribution < 1.29 is 13.5 Å². The van der Waals surface area contributed by atoms with Gasteiger partial charge in [0.25, 0.3) is 5.89 Å². The van der Waals surface area contributed by atoms with Crippen molar-refractivity contribution in [2.75, 3.05) is 0 Å². The van der Waals surface area contributed by atoms with Gasteiger partial charge in [-0.1, -0.05) is 19.9 Å². The molecule has 6 heteroatoms. The lowest BCUT2D eigenvalue weighted by Crippen LogP contribution is -2.16. The molecule has 1 atom stereocenters. The molecule has 19 heavy (non-hydrogen) atoms. The normalized spacial score (nSPS) is 12.7. The van der Waals surface area contributed by atoms with Crippen LogP contribution in [0.25, 0.3) is 0 Å². The van der Waals surface area contributed by atoms with Gasteiger partial charge in [0.15, 0.2) is 6.61 Å². The zero-order valence-electron chi connectivity index (χ0n) is 10.8. The van der Waals surface area contributed by atoms with Gasteiger partial charge in [0, 0.05) is 6.07 Å². The lowest BCUT2D eigenvalue weighted by atomic mass is 10.1. The minimum absolute atomic E-state index is 0.0846. The van der Waals surface area contributed by atoms with Crippen molar-refractivity contribution in [2.45, 2.75) is 26.5 Å². The zero-order valence-corrected chi connectivity index (χ0v) is 10.8. The highest BCUT2D eigenvalue weighted by Crippen LogP contribution is 2.18. The highest BCUT2D eigenvalue weighted by Gasteiger charge is 2.17. The molecule has 2 N–H and O–H groups in total. The number of ether oxygens (including phenoxy) is 1. The third kappa shape index (κ3) is 3.51. The highest BCUT2D eigenvalue weighted by molar-refractivity contribution is 5.22. The fourth-order valence-corrected chi connectivity index (χ4v) is 1.45. The average Bonchev–Trinajstić information content (AvgIpc) is 2.84. The van der Waals surface area contributed by atoms with Crippen molar-refractivity contribution in [3.63, 3.8) is 0 Å². The Morgan fingerprint density at radius 3 is 2.84 bits per heavy atom. The van der Waals surface area contributed by atoms with Gasteiger partial charge in [-0.25, -0.2) is 4.39 Å². The van der Waals surface area contributed by atoms with E-state index in [0.29, 0.717) is 17.5 Å². The molecule has 1 unspecified atom stereocenters. The molecule has 0 amide bonds. The number of rotatable bonds is 5. The van der Waals surface area contributed by atoms with Crippen molar-refractivity contribution in [1.82, 2.24) is 10.2 Å². The van der Waals surface area contributed by atoms with Gasteiger partial charge in [-0.15, -0.1) is 10.2 Å². The van der Waals surface area contributed by atoms with Crippen LogP contribution in [0.5, 0.6) is 5.75 Å². The predicted molar refractivity (Wildman–Crippen MR) is 66.8 cm³/mol. The quantitative estimate of drug-likeness (QED) is 0.898. The van der Waals surface area contributed by atoms with Crippen LogP contribution < -0.4 is 10.5 Å². The molecule has 1 aromatic heterocycles. The van der Waals surface area contributed by atoms with E-state index < -0.39 is 0 Å². The molecule has 0 radical (unpaired) electrons. The van der Waals surface area contributed by atoms with Crippen LogP contribution in [0.3, 0.4) is 0 Å². The molecule has 1 heterocycles. The molecule has 102 valence electrons. The second-order valence-electron chi connectivity index (χ2n) is 4.55. The van der Waals surface area contributed by atoms with Gasteiger partial charge in [-0.2, -0.15) is 0 Å². The summed E-state index contributed by atoms with van der Waals surface area (Å²) in [6.07, 6.45) is 0. The summed E-state index contributed by atoms with van der Waals surface area (Å²) in [5.74, 6) is 0.957. The second-order valence-corrected chi connectivity index (χ2v) is 4.55. The first-order valence-electron chi connectivity index (χ1n) is 6.02. The van der Waals surface area contributed by atoms with Gasteiger partial charge < -0.3 is 14.9 Å². The largest absolute Gasteiger partial charge is 0.484 e. The van der Waals surface area contributed by atoms with Crippen LogP contribution in [0.4, 0.5) is 4.39 Å². The van der Waals surface area contributed by atoms with E-state index in [1.54, 1.807) is 12.1 Å². The first-order chi connectivity index (χ1) is 9.06. The lowest BCUT2D eigenvalue weighted by molar-refractivity contribution is 0.252. The molecule has 0 aliphatic carbocycles. The molecule has 0 saturated carbocycles. The van der Waals surface area contributed by atoms with E-state index in [9.17, 15) is 4.39 Å². The standard InChI is InChI=1S/C13H16FN3O2/c1-8(2)12(15)13-17-16-11(19-13)7-18-10-5-3-4-9(14)6-10/h3-6,8,12H,7,15H2,1-2H3. The number of benzene rings is 1. The van der Waals surface area contributed by atoms with Crippen molar-refractivity contribution in [1.29, 1.82) is 0 Å². The summed E-state index contributed by atoms with van der Waals surface area (Å²) in [5, 5.41) is 7.71. The Labute approximate surface area is 110 Å². The Bertz CT molecular complexity index is 542. The van der Waals surface area contributed by atoms with Crippen LogP contribution in [0.1, 0.15) is 31.7 Å². The number of halogens is 1. The van der Waals surface area contributed by atoms with Crippen LogP contribution >= 0.6 is 0 Å². The Kier molecular flexibility index (Phi) is 4.11. The van der Waals surface area contributed by atoms with Gasteiger partial charge in [-0.05, 0) is 18.1 Å². The predicted octanol–water partition coefficient (Wildman–Crippen LogP) is 2.44. The molecule has 1 aromatic carbocycles. The zero-order chi connectivity index (χ0) is 13.8. The smallest absolute Gasteiger partial charge is 0.253 e. The summed E-state index contributed by atoms with van der Waals surface area (Å²) in [4.78, 5) is 0. The molecule has 0 aliphatic heterocycles. The molecule has 5 nitrogen and oxygen atoms in total. The molecule has 0 bridgehead atoms. The van der Waals surface area contributed by atoms with E-state index in [2.05, 4.69) is 10.2 Å². The summed E-state index contributed by atoms with van der Waals surface area (Å²) in [5.41, 5.74) is 5.89. The summed E-state index contributed by atoms with van der Waals surface area (Å²) in [7, 11) is 0. The van der Waals surface area contributed by atoms with Gasteiger partial charge in [0.1, 0.15) is 11.6 Å². The van der Waals surface area contributed by atoms with Crippen LogP contribution in [0.15, 0.2) is 28.7 Å². The Morgan fingerprint density at radius 2 is 2.16 bits per heavy atom. The van der Waals surface area contributed by atoms with E-state index in [1.807, 2.05) is 13.8 Å². The van der Waals surface area contributed by atoms with Crippen LogP contribution in [0, 0.1) is 11.7 Å². The molecular formula is C13H16FN3O2. The molecule has 0 saturated heterocycles. The summed E-state index contributed by atoms with van der Waals surface area (Å²) in [6, 6.07) is 5.56. The maximum Gasteiger partial charge on any atom is 0.253 e.